The highest BCUT2D eigenvalue weighted by Crippen LogP contribution is 2.23. The highest BCUT2D eigenvalue weighted by molar-refractivity contribution is 7.92. The number of rotatable bonds is 6. The van der Waals surface area contributed by atoms with E-state index in [4.69, 9.17) is 11.6 Å². The summed E-state index contributed by atoms with van der Waals surface area (Å²) in [6.45, 7) is 1.88. The Hall–Kier alpha value is -3.09. The Labute approximate surface area is 174 Å². The molecule has 0 aromatic heterocycles. The second-order valence-electron chi connectivity index (χ2n) is 6.40. The topological polar surface area (TPSA) is 83.5 Å². The number of hydrogen-bond donors (Lipinski definition) is 2. The van der Waals surface area contributed by atoms with E-state index in [1.54, 1.807) is 24.3 Å². The average Bonchev–Trinajstić information content (AvgIpc) is 2.68. The summed E-state index contributed by atoms with van der Waals surface area (Å²) in [5.74, 6) is -0.218. The molecule has 0 saturated heterocycles. The molecule has 3 rings (SSSR count). The minimum Gasteiger partial charge on any atom is -0.508 e. The average molecular weight is 428 g/mol. The van der Waals surface area contributed by atoms with E-state index < -0.39 is 10.0 Å². The molecule has 0 unspecified atom stereocenters. The van der Waals surface area contributed by atoms with Crippen LogP contribution in [0.2, 0.25) is 5.02 Å². The molecule has 0 saturated carbocycles. The smallest absolute Gasteiger partial charge is 0.261 e. The first kappa shape index (κ1) is 20.6. The van der Waals surface area contributed by atoms with Crippen LogP contribution in [0, 0.1) is 6.92 Å². The molecular weight excluding hydrogens is 410 g/mol. The number of carbonyl (C=O) groups excluding carboxylic acids is 1. The van der Waals surface area contributed by atoms with Gasteiger partial charge in [0.25, 0.3) is 10.0 Å². The Kier molecular flexibility index (Phi) is 6.06. The van der Waals surface area contributed by atoms with Gasteiger partial charge in [0.1, 0.15) is 5.75 Å². The number of benzene rings is 3. The highest BCUT2D eigenvalue weighted by Gasteiger charge is 2.14. The quantitative estimate of drug-likeness (QED) is 0.426. The van der Waals surface area contributed by atoms with Crippen molar-refractivity contribution < 1.29 is 18.3 Å². The van der Waals surface area contributed by atoms with Gasteiger partial charge in [0.2, 0.25) is 0 Å². The van der Waals surface area contributed by atoms with Gasteiger partial charge in [0.15, 0.2) is 5.78 Å². The number of phenols is 1. The van der Waals surface area contributed by atoms with Crippen molar-refractivity contribution in [3.8, 4) is 5.75 Å². The number of hydrogen-bond acceptors (Lipinski definition) is 4. The van der Waals surface area contributed by atoms with Crippen LogP contribution in [0.4, 0.5) is 5.69 Å². The van der Waals surface area contributed by atoms with Crippen LogP contribution in [-0.2, 0) is 10.0 Å². The van der Waals surface area contributed by atoms with E-state index in [1.165, 1.54) is 54.6 Å². The second-order valence-corrected chi connectivity index (χ2v) is 8.49. The first-order valence-corrected chi connectivity index (χ1v) is 10.5. The van der Waals surface area contributed by atoms with Crippen molar-refractivity contribution in [1.29, 1.82) is 0 Å². The lowest BCUT2D eigenvalue weighted by Crippen LogP contribution is -2.13. The Balaban J connectivity index is 1.71. The minimum atomic E-state index is -3.70. The van der Waals surface area contributed by atoms with Gasteiger partial charge in [0, 0.05) is 11.3 Å². The van der Waals surface area contributed by atoms with Crippen LogP contribution in [0.25, 0.3) is 6.08 Å². The fourth-order valence-electron chi connectivity index (χ4n) is 2.55. The van der Waals surface area contributed by atoms with Gasteiger partial charge in [-0.1, -0.05) is 29.3 Å². The predicted octanol–water partition coefficient (Wildman–Crippen LogP) is 5.05. The summed E-state index contributed by atoms with van der Waals surface area (Å²) >= 11 is 6.01. The van der Waals surface area contributed by atoms with E-state index in [1.807, 2.05) is 6.92 Å². The molecule has 0 aliphatic rings. The van der Waals surface area contributed by atoms with Crippen molar-refractivity contribution in [2.45, 2.75) is 11.8 Å². The molecule has 0 aliphatic heterocycles. The number of carbonyl (C=O) groups is 1. The summed E-state index contributed by atoms with van der Waals surface area (Å²) in [4.78, 5) is 12.5. The van der Waals surface area contributed by atoms with Crippen LogP contribution in [0.15, 0.2) is 77.7 Å². The van der Waals surface area contributed by atoms with Crippen molar-refractivity contribution in [1.82, 2.24) is 0 Å². The lowest BCUT2D eigenvalue weighted by molar-refractivity contribution is 0.104. The van der Waals surface area contributed by atoms with Crippen LogP contribution < -0.4 is 4.72 Å². The van der Waals surface area contributed by atoms with Crippen LogP contribution in [0.1, 0.15) is 21.5 Å². The molecule has 0 spiro atoms. The SMILES string of the molecule is Cc1ccc(S(=O)(=O)Nc2ccc(C(=O)C=Cc3ccc(O)cc3Cl)cc2)cc1. The van der Waals surface area contributed by atoms with Gasteiger partial charge in [-0.2, -0.15) is 0 Å². The standard InChI is InChI=1S/C22H18ClNO4S/c1-15-2-11-20(12-3-15)29(27,28)24-18-8-4-17(5-9-18)22(26)13-7-16-6-10-19(25)14-21(16)23/h2-14,24-25H,1H3. The molecule has 0 amide bonds. The van der Waals surface area contributed by atoms with Gasteiger partial charge in [-0.15, -0.1) is 0 Å². The van der Waals surface area contributed by atoms with Gasteiger partial charge in [-0.25, -0.2) is 8.42 Å². The number of ketones is 1. The number of aryl methyl sites for hydroxylation is 1. The molecule has 0 radical (unpaired) electrons. The van der Waals surface area contributed by atoms with Crippen molar-refractivity contribution in [3.63, 3.8) is 0 Å². The third-order valence-corrected chi connectivity index (χ3v) is 5.88. The molecule has 0 atom stereocenters. The highest BCUT2D eigenvalue weighted by atomic mass is 35.5. The molecule has 0 bridgehead atoms. The number of anilines is 1. The maximum Gasteiger partial charge on any atom is 0.261 e. The van der Waals surface area contributed by atoms with E-state index in [2.05, 4.69) is 4.72 Å². The maximum absolute atomic E-state index is 12.4. The Bertz CT molecular complexity index is 1170. The minimum absolute atomic E-state index is 0.0437. The lowest BCUT2D eigenvalue weighted by Gasteiger charge is -2.08. The summed E-state index contributed by atoms with van der Waals surface area (Å²) < 4.78 is 27.3. The summed E-state index contributed by atoms with van der Waals surface area (Å²) in [5, 5.41) is 9.69. The van der Waals surface area contributed by atoms with Crippen LogP contribution >= 0.6 is 11.6 Å². The zero-order valence-electron chi connectivity index (χ0n) is 15.5. The number of nitrogens with one attached hydrogen (secondary N) is 1. The fourth-order valence-corrected chi connectivity index (χ4v) is 3.84. The molecule has 7 heteroatoms. The van der Waals surface area contributed by atoms with Gasteiger partial charge < -0.3 is 5.11 Å². The van der Waals surface area contributed by atoms with E-state index in [9.17, 15) is 18.3 Å². The summed E-state index contributed by atoms with van der Waals surface area (Å²) in [6, 6.07) is 17.1. The first-order chi connectivity index (χ1) is 13.7. The lowest BCUT2D eigenvalue weighted by atomic mass is 10.1. The number of aromatic hydroxyl groups is 1. The van der Waals surface area contributed by atoms with Crippen molar-refractivity contribution in [2.75, 3.05) is 4.72 Å². The summed E-state index contributed by atoms with van der Waals surface area (Å²) in [6.07, 6.45) is 2.92. The number of allylic oxidation sites excluding steroid dienone is 1. The van der Waals surface area contributed by atoms with Gasteiger partial charge >= 0.3 is 0 Å². The van der Waals surface area contributed by atoms with Crippen molar-refractivity contribution in [2.24, 2.45) is 0 Å². The molecule has 3 aromatic carbocycles. The van der Waals surface area contributed by atoms with Crippen molar-refractivity contribution in [3.05, 3.63) is 94.5 Å². The predicted molar refractivity (Wildman–Crippen MR) is 115 cm³/mol. The number of halogens is 1. The van der Waals surface area contributed by atoms with Gasteiger partial charge in [-0.3, -0.25) is 9.52 Å². The maximum atomic E-state index is 12.4. The van der Waals surface area contributed by atoms with Crippen LogP contribution in [0.5, 0.6) is 5.75 Å². The molecule has 0 heterocycles. The third-order valence-electron chi connectivity index (χ3n) is 4.15. The van der Waals surface area contributed by atoms with Crippen LogP contribution in [0.3, 0.4) is 0 Å². The molecule has 0 aliphatic carbocycles. The fraction of sp³-hybridized carbons (Fsp3) is 0.0455. The van der Waals surface area contributed by atoms with E-state index >= 15 is 0 Å². The number of sulfonamides is 1. The van der Waals surface area contributed by atoms with Gasteiger partial charge in [-0.05, 0) is 79.2 Å². The molecule has 0 fully saturated rings. The first-order valence-electron chi connectivity index (χ1n) is 8.65. The zero-order valence-corrected chi connectivity index (χ0v) is 17.0. The van der Waals surface area contributed by atoms with Crippen molar-refractivity contribution >= 4 is 39.2 Å². The molecule has 2 N–H and O–H groups in total. The Morgan fingerprint density at radius 2 is 1.66 bits per heavy atom. The zero-order chi connectivity index (χ0) is 21.0. The van der Waals surface area contributed by atoms with Crippen LogP contribution in [-0.4, -0.2) is 19.3 Å². The number of phenolic OH excluding ortho intramolecular Hbond substituents is 1. The second kappa shape index (κ2) is 8.51. The largest absolute Gasteiger partial charge is 0.508 e. The van der Waals surface area contributed by atoms with Gasteiger partial charge in [0.05, 0.1) is 9.92 Å². The van der Waals surface area contributed by atoms with E-state index in [0.29, 0.717) is 21.8 Å². The Morgan fingerprint density at radius 1 is 1.00 bits per heavy atom. The molecule has 5 nitrogen and oxygen atoms in total. The van der Waals surface area contributed by atoms with E-state index in [0.717, 1.165) is 5.56 Å². The molecule has 148 valence electrons. The normalized spacial score (nSPS) is 11.5. The molecule has 3 aromatic rings. The molecular formula is C22H18ClNO4S. The third kappa shape index (κ3) is 5.25. The Morgan fingerprint density at radius 3 is 2.28 bits per heavy atom. The molecule has 29 heavy (non-hydrogen) atoms. The summed E-state index contributed by atoms with van der Waals surface area (Å²) in [7, 11) is -3.70. The summed E-state index contributed by atoms with van der Waals surface area (Å²) in [5.41, 5.74) is 2.32. The monoisotopic (exact) mass is 427 g/mol. The van der Waals surface area contributed by atoms with E-state index in [-0.39, 0.29) is 16.4 Å².